The molecule has 0 aromatic heterocycles. The van der Waals surface area contributed by atoms with Crippen LogP contribution in [0.4, 0.5) is 0 Å². The van der Waals surface area contributed by atoms with Crippen LogP contribution < -0.4 is 0 Å². The predicted octanol–water partition coefficient (Wildman–Crippen LogP) is 4.48. The molecule has 0 aliphatic rings. The lowest BCUT2D eigenvalue weighted by atomic mass is 9.98. The highest BCUT2D eigenvalue weighted by molar-refractivity contribution is 7.80. The zero-order valence-electron chi connectivity index (χ0n) is 10.2. The molecular weight excluding hydrogens is 264 g/mol. The van der Waals surface area contributed by atoms with Gasteiger partial charge in [0.15, 0.2) is 5.78 Å². The summed E-state index contributed by atoms with van der Waals surface area (Å²) in [5.74, 6) is -0.0417. The summed E-state index contributed by atoms with van der Waals surface area (Å²) in [7, 11) is 0. The van der Waals surface area contributed by atoms with Gasteiger partial charge in [-0.15, -0.1) is 12.6 Å². The average Bonchev–Trinajstić information content (AvgIpc) is 2.33. The number of halogens is 1. The summed E-state index contributed by atoms with van der Waals surface area (Å²) in [5.41, 5.74) is 3.10. The van der Waals surface area contributed by atoms with Crippen molar-refractivity contribution < 1.29 is 4.79 Å². The van der Waals surface area contributed by atoms with E-state index in [1.54, 1.807) is 6.07 Å². The van der Waals surface area contributed by atoms with E-state index < -0.39 is 0 Å². The van der Waals surface area contributed by atoms with E-state index in [1.807, 2.05) is 44.2 Å². The fourth-order valence-corrected chi connectivity index (χ4v) is 2.34. The Morgan fingerprint density at radius 2 is 1.72 bits per heavy atom. The fraction of sp³-hybridized carbons (Fsp3) is 0.133. The van der Waals surface area contributed by atoms with Crippen LogP contribution in [0.2, 0.25) is 5.02 Å². The van der Waals surface area contributed by atoms with Gasteiger partial charge in [0.1, 0.15) is 0 Å². The predicted molar refractivity (Wildman–Crippen MR) is 78.1 cm³/mol. The van der Waals surface area contributed by atoms with Crippen molar-refractivity contribution in [1.29, 1.82) is 0 Å². The maximum Gasteiger partial charge on any atom is 0.194 e. The standard InChI is InChI=1S/C15H13ClOS/c1-9-5-3-4-6-11(9)15(17)12-8-13(16)10(2)7-14(12)18/h3-8,18H,1-2H3. The van der Waals surface area contributed by atoms with Gasteiger partial charge in [0.2, 0.25) is 0 Å². The third-order valence-corrected chi connectivity index (χ3v) is 3.69. The smallest absolute Gasteiger partial charge is 0.194 e. The molecule has 3 heteroatoms. The van der Waals surface area contributed by atoms with Crippen LogP contribution in [0.15, 0.2) is 41.3 Å². The first-order valence-electron chi connectivity index (χ1n) is 5.60. The molecule has 0 atom stereocenters. The van der Waals surface area contributed by atoms with Gasteiger partial charge in [-0.2, -0.15) is 0 Å². The fourth-order valence-electron chi connectivity index (χ4n) is 1.82. The summed E-state index contributed by atoms with van der Waals surface area (Å²) in [6.45, 7) is 3.81. The molecule has 0 fully saturated rings. The van der Waals surface area contributed by atoms with Crippen LogP contribution in [-0.2, 0) is 0 Å². The highest BCUT2D eigenvalue weighted by atomic mass is 35.5. The van der Waals surface area contributed by atoms with E-state index in [0.717, 1.165) is 11.1 Å². The number of hydrogen-bond acceptors (Lipinski definition) is 2. The number of rotatable bonds is 2. The minimum atomic E-state index is -0.0417. The first-order valence-corrected chi connectivity index (χ1v) is 6.42. The average molecular weight is 277 g/mol. The summed E-state index contributed by atoms with van der Waals surface area (Å²) in [6.07, 6.45) is 0. The molecule has 2 rings (SSSR count). The minimum Gasteiger partial charge on any atom is -0.289 e. The quantitative estimate of drug-likeness (QED) is 0.632. The zero-order chi connectivity index (χ0) is 13.3. The SMILES string of the molecule is Cc1cc(S)c(C(=O)c2ccccc2C)cc1Cl. The molecule has 2 aromatic rings. The van der Waals surface area contributed by atoms with Crippen molar-refractivity contribution in [3.8, 4) is 0 Å². The van der Waals surface area contributed by atoms with Crippen molar-refractivity contribution in [3.05, 3.63) is 63.7 Å². The van der Waals surface area contributed by atoms with Crippen molar-refractivity contribution in [2.75, 3.05) is 0 Å². The molecule has 0 heterocycles. The van der Waals surface area contributed by atoms with E-state index in [0.29, 0.717) is 21.0 Å². The van der Waals surface area contributed by atoms with Crippen molar-refractivity contribution >= 4 is 30.0 Å². The normalized spacial score (nSPS) is 10.4. The monoisotopic (exact) mass is 276 g/mol. The highest BCUT2D eigenvalue weighted by Crippen LogP contribution is 2.26. The third-order valence-electron chi connectivity index (χ3n) is 2.91. The van der Waals surface area contributed by atoms with Crippen molar-refractivity contribution in [1.82, 2.24) is 0 Å². The Kier molecular flexibility index (Phi) is 3.79. The van der Waals surface area contributed by atoms with E-state index in [4.69, 9.17) is 11.6 Å². The van der Waals surface area contributed by atoms with Crippen LogP contribution in [0.3, 0.4) is 0 Å². The zero-order valence-corrected chi connectivity index (χ0v) is 11.8. The second-order valence-corrected chi connectivity index (χ2v) is 5.15. The number of hydrogen-bond donors (Lipinski definition) is 1. The summed E-state index contributed by atoms with van der Waals surface area (Å²) in [4.78, 5) is 13.1. The van der Waals surface area contributed by atoms with Crippen LogP contribution in [-0.4, -0.2) is 5.78 Å². The van der Waals surface area contributed by atoms with E-state index in [2.05, 4.69) is 12.6 Å². The third kappa shape index (κ3) is 2.45. The number of thiol groups is 1. The molecule has 18 heavy (non-hydrogen) atoms. The Bertz CT molecular complexity index is 620. The number of ketones is 1. The van der Waals surface area contributed by atoms with Gasteiger partial charge in [-0.25, -0.2) is 0 Å². The van der Waals surface area contributed by atoms with Crippen LogP contribution in [0.1, 0.15) is 27.0 Å². The largest absolute Gasteiger partial charge is 0.289 e. The van der Waals surface area contributed by atoms with Gasteiger partial charge in [0.25, 0.3) is 0 Å². The Labute approximate surface area is 117 Å². The first kappa shape index (κ1) is 13.2. The van der Waals surface area contributed by atoms with Gasteiger partial charge in [0, 0.05) is 21.0 Å². The van der Waals surface area contributed by atoms with Gasteiger partial charge < -0.3 is 0 Å². The second kappa shape index (κ2) is 5.17. The lowest BCUT2D eigenvalue weighted by molar-refractivity contribution is 0.103. The van der Waals surface area contributed by atoms with Gasteiger partial charge in [0.05, 0.1) is 0 Å². The topological polar surface area (TPSA) is 17.1 Å². The molecule has 0 saturated heterocycles. The molecule has 0 bridgehead atoms. The van der Waals surface area contributed by atoms with E-state index in [9.17, 15) is 4.79 Å². The lowest BCUT2D eigenvalue weighted by Gasteiger charge is -2.09. The Hall–Kier alpha value is -1.25. The molecule has 0 unspecified atom stereocenters. The number of carbonyl (C=O) groups is 1. The Morgan fingerprint density at radius 1 is 1.06 bits per heavy atom. The molecule has 92 valence electrons. The first-order chi connectivity index (χ1) is 8.50. The summed E-state index contributed by atoms with van der Waals surface area (Å²) < 4.78 is 0. The lowest BCUT2D eigenvalue weighted by Crippen LogP contribution is -2.05. The maximum absolute atomic E-state index is 12.4. The van der Waals surface area contributed by atoms with E-state index >= 15 is 0 Å². The highest BCUT2D eigenvalue weighted by Gasteiger charge is 2.15. The molecule has 0 radical (unpaired) electrons. The molecule has 0 aliphatic heterocycles. The second-order valence-electron chi connectivity index (χ2n) is 4.26. The molecule has 0 aliphatic carbocycles. The molecule has 1 nitrogen and oxygen atoms in total. The van der Waals surface area contributed by atoms with Crippen molar-refractivity contribution in [2.24, 2.45) is 0 Å². The molecule has 0 amide bonds. The van der Waals surface area contributed by atoms with Crippen LogP contribution in [0.25, 0.3) is 0 Å². The van der Waals surface area contributed by atoms with Gasteiger partial charge in [-0.3, -0.25) is 4.79 Å². The summed E-state index contributed by atoms with van der Waals surface area (Å²) in [6, 6.07) is 11.0. The molecular formula is C15H13ClOS. The maximum atomic E-state index is 12.4. The molecule has 2 aromatic carbocycles. The Morgan fingerprint density at radius 3 is 2.39 bits per heavy atom. The number of benzene rings is 2. The molecule has 0 N–H and O–H groups in total. The van der Waals surface area contributed by atoms with Crippen LogP contribution in [0.5, 0.6) is 0 Å². The minimum absolute atomic E-state index is 0.0417. The number of aryl methyl sites for hydroxylation is 2. The van der Waals surface area contributed by atoms with Crippen molar-refractivity contribution in [3.63, 3.8) is 0 Å². The molecule has 0 spiro atoms. The number of carbonyl (C=O) groups excluding carboxylic acids is 1. The summed E-state index contributed by atoms with van der Waals surface area (Å²) >= 11 is 10.4. The van der Waals surface area contributed by atoms with Gasteiger partial charge in [-0.1, -0.05) is 35.9 Å². The van der Waals surface area contributed by atoms with Crippen LogP contribution in [0, 0.1) is 13.8 Å². The Balaban J connectivity index is 2.53. The van der Waals surface area contributed by atoms with Gasteiger partial charge >= 0.3 is 0 Å². The van der Waals surface area contributed by atoms with E-state index in [1.165, 1.54) is 0 Å². The van der Waals surface area contributed by atoms with Crippen LogP contribution >= 0.6 is 24.2 Å². The van der Waals surface area contributed by atoms with Gasteiger partial charge in [-0.05, 0) is 37.1 Å². The summed E-state index contributed by atoms with van der Waals surface area (Å²) in [5, 5.41) is 0.588. The van der Waals surface area contributed by atoms with E-state index in [-0.39, 0.29) is 5.78 Å². The van der Waals surface area contributed by atoms with Crippen molar-refractivity contribution in [2.45, 2.75) is 18.7 Å². The molecule has 0 saturated carbocycles.